The Bertz CT molecular complexity index is 511. The van der Waals surface area contributed by atoms with E-state index in [1.54, 1.807) is 24.2 Å². The second-order valence-electron chi connectivity index (χ2n) is 3.87. The molecule has 0 unspecified atom stereocenters. The number of H-pyrrole nitrogens is 1. The smallest absolute Gasteiger partial charge is 0.224 e. The topological polar surface area (TPSA) is 57.8 Å². The van der Waals surface area contributed by atoms with Gasteiger partial charge in [0.2, 0.25) is 5.91 Å². The van der Waals surface area contributed by atoms with Crippen LogP contribution in [0.5, 0.6) is 0 Å². The van der Waals surface area contributed by atoms with Crippen molar-refractivity contribution in [2.45, 2.75) is 17.9 Å². The quantitative estimate of drug-likeness (QED) is 0.809. The minimum absolute atomic E-state index is 0.0256. The van der Waals surface area contributed by atoms with Crippen LogP contribution in [0.1, 0.15) is 11.1 Å². The number of hydrogen-bond donors (Lipinski definition) is 2. The lowest BCUT2D eigenvalue weighted by atomic mass is 10.1. The van der Waals surface area contributed by atoms with Gasteiger partial charge in [-0.1, -0.05) is 18.2 Å². The molecule has 0 spiro atoms. The van der Waals surface area contributed by atoms with Gasteiger partial charge in [-0.2, -0.15) is 5.10 Å². The number of benzene rings is 1. The van der Waals surface area contributed by atoms with Crippen molar-refractivity contribution in [2.75, 3.05) is 6.26 Å². The summed E-state index contributed by atoms with van der Waals surface area (Å²) in [5.74, 6) is 0.0256. The first-order valence-corrected chi connectivity index (χ1v) is 6.88. The fourth-order valence-corrected chi connectivity index (χ4v) is 2.28. The summed E-state index contributed by atoms with van der Waals surface area (Å²) in [5.41, 5.74) is 2.04. The number of aromatic amines is 1. The van der Waals surface area contributed by atoms with Crippen molar-refractivity contribution >= 4 is 17.7 Å². The van der Waals surface area contributed by atoms with Crippen molar-refractivity contribution in [1.82, 2.24) is 15.5 Å². The third-order valence-corrected chi connectivity index (χ3v) is 3.43. The van der Waals surface area contributed by atoms with Gasteiger partial charge in [0.25, 0.3) is 0 Å². The van der Waals surface area contributed by atoms with E-state index in [2.05, 4.69) is 15.5 Å². The van der Waals surface area contributed by atoms with Crippen LogP contribution in [0.15, 0.2) is 41.6 Å². The standard InChI is InChI=1S/C13H15N3OS/c1-18-12-5-3-2-4-11(12)6-13(17)14-7-10-8-15-16-9-10/h2-5,8-9H,6-7H2,1H3,(H,14,17)(H,15,16). The molecule has 4 nitrogen and oxygen atoms in total. The number of rotatable bonds is 5. The Hall–Kier alpha value is -1.75. The van der Waals surface area contributed by atoms with E-state index in [-0.39, 0.29) is 5.91 Å². The number of nitrogens with zero attached hydrogens (tertiary/aromatic N) is 1. The van der Waals surface area contributed by atoms with Crippen LogP contribution in [0.4, 0.5) is 0 Å². The minimum Gasteiger partial charge on any atom is -0.352 e. The minimum atomic E-state index is 0.0256. The molecular weight excluding hydrogens is 246 g/mol. The number of thioether (sulfide) groups is 1. The van der Waals surface area contributed by atoms with Crippen LogP contribution in [0.25, 0.3) is 0 Å². The summed E-state index contributed by atoms with van der Waals surface area (Å²) in [4.78, 5) is 13.0. The van der Waals surface area contributed by atoms with E-state index < -0.39 is 0 Å². The Balaban J connectivity index is 1.90. The normalized spacial score (nSPS) is 10.3. The highest BCUT2D eigenvalue weighted by Gasteiger charge is 2.07. The summed E-state index contributed by atoms with van der Waals surface area (Å²) in [7, 11) is 0. The molecular formula is C13H15N3OS. The predicted molar refractivity (Wildman–Crippen MR) is 72.4 cm³/mol. The lowest BCUT2D eigenvalue weighted by molar-refractivity contribution is -0.120. The first-order chi connectivity index (χ1) is 8.79. The number of aromatic nitrogens is 2. The fraction of sp³-hybridized carbons (Fsp3) is 0.231. The van der Waals surface area contributed by atoms with E-state index in [0.29, 0.717) is 13.0 Å². The van der Waals surface area contributed by atoms with Gasteiger partial charge in [-0.3, -0.25) is 9.89 Å². The SMILES string of the molecule is CSc1ccccc1CC(=O)NCc1cn[nH]c1. The highest BCUT2D eigenvalue weighted by molar-refractivity contribution is 7.98. The van der Waals surface area contributed by atoms with Gasteiger partial charge in [-0.25, -0.2) is 0 Å². The van der Waals surface area contributed by atoms with Gasteiger partial charge in [0, 0.05) is 23.2 Å². The summed E-state index contributed by atoms with van der Waals surface area (Å²) in [5, 5.41) is 9.43. The molecule has 5 heteroatoms. The molecule has 94 valence electrons. The van der Waals surface area contributed by atoms with Gasteiger partial charge < -0.3 is 5.32 Å². The molecule has 0 aliphatic heterocycles. The molecule has 0 aliphatic rings. The average Bonchev–Trinajstić information content (AvgIpc) is 2.90. The molecule has 1 amide bonds. The van der Waals surface area contributed by atoms with Gasteiger partial charge in [0.05, 0.1) is 12.6 Å². The highest BCUT2D eigenvalue weighted by atomic mass is 32.2. The zero-order valence-corrected chi connectivity index (χ0v) is 11.0. The van der Waals surface area contributed by atoms with Gasteiger partial charge in [-0.05, 0) is 17.9 Å². The molecule has 1 aromatic carbocycles. The van der Waals surface area contributed by atoms with Crippen molar-refractivity contribution in [3.05, 3.63) is 47.8 Å². The Kier molecular flexibility index (Phi) is 4.41. The maximum absolute atomic E-state index is 11.8. The third kappa shape index (κ3) is 3.37. The van der Waals surface area contributed by atoms with Gasteiger partial charge in [-0.15, -0.1) is 11.8 Å². The van der Waals surface area contributed by atoms with Crippen LogP contribution >= 0.6 is 11.8 Å². The number of nitrogens with one attached hydrogen (secondary N) is 2. The van der Waals surface area contributed by atoms with Crippen molar-refractivity contribution in [1.29, 1.82) is 0 Å². The predicted octanol–water partition coefficient (Wildman–Crippen LogP) is 1.99. The molecule has 0 aliphatic carbocycles. The number of hydrogen-bond acceptors (Lipinski definition) is 3. The number of amides is 1. The molecule has 1 aromatic heterocycles. The summed E-state index contributed by atoms with van der Waals surface area (Å²) < 4.78 is 0. The van der Waals surface area contributed by atoms with Crippen molar-refractivity contribution in [3.8, 4) is 0 Å². The van der Waals surface area contributed by atoms with E-state index >= 15 is 0 Å². The summed E-state index contributed by atoms with van der Waals surface area (Å²) in [6.07, 6.45) is 5.91. The molecule has 2 aromatic rings. The molecule has 0 fully saturated rings. The second-order valence-corrected chi connectivity index (χ2v) is 4.72. The highest BCUT2D eigenvalue weighted by Crippen LogP contribution is 2.20. The van der Waals surface area contributed by atoms with Gasteiger partial charge in [0.1, 0.15) is 0 Å². The van der Waals surface area contributed by atoms with E-state index in [9.17, 15) is 4.79 Å². The zero-order valence-electron chi connectivity index (χ0n) is 10.1. The summed E-state index contributed by atoms with van der Waals surface area (Å²) in [6, 6.07) is 7.96. The van der Waals surface area contributed by atoms with E-state index in [1.807, 2.05) is 30.5 Å². The first kappa shape index (κ1) is 12.7. The Labute approximate surface area is 110 Å². The molecule has 1 heterocycles. The maximum Gasteiger partial charge on any atom is 0.224 e. The molecule has 0 bridgehead atoms. The largest absolute Gasteiger partial charge is 0.352 e. The molecule has 0 saturated carbocycles. The van der Waals surface area contributed by atoms with Crippen LogP contribution in [0, 0.1) is 0 Å². The van der Waals surface area contributed by atoms with Crippen molar-refractivity contribution in [3.63, 3.8) is 0 Å². The zero-order chi connectivity index (χ0) is 12.8. The number of carbonyl (C=O) groups excluding carboxylic acids is 1. The fourth-order valence-electron chi connectivity index (χ4n) is 1.66. The Morgan fingerprint density at radius 1 is 1.44 bits per heavy atom. The number of carbonyl (C=O) groups is 1. The average molecular weight is 261 g/mol. The van der Waals surface area contributed by atoms with Crippen molar-refractivity contribution in [2.24, 2.45) is 0 Å². The van der Waals surface area contributed by atoms with Crippen LogP contribution in [-0.4, -0.2) is 22.4 Å². The first-order valence-electron chi connectivity index (χ1n) is 5.66. The van der Waals surface area contributed by atoms with E-state index in [4.69, 9.17) is 0 Å². The third-order valence-electron chi connectivity index (χ3n) is 2.59. The molecule has 0 atom stereocenters. The Morgan fingerprint density at radius 3 is 3.00 bits per heavy atom. The van der Waals surface area contributed by atoms with Crippen LogP contribution in [0.2, 0.25) is 0 Å². The molecule has 2 rings (SSSR count). The molecule has 18 heavy (non-hydrogen) atoms. The monoisotopic (exact) mass is 261 g/mol. The summed E-state index contributed by atoms with van der Waals surface area (Å²) in [6.45, 7) is 0.511. The van der Waals surface area contributed by atoms with Gasteiger partial charge >= 0.3 is 0 Å². The van der Waals surface area contributed by atoms with E-state index in [1.165, 1.54) is 0 Å². The van der Waals surface area contributed by atoms with E-state index in [0.717, 1.165) is 16.0 Å². The molecule has 2 N–H and O–H groups in total. The summed E-state index contributed by atoms with van der Waals surface area (Å²) >= 11 is 1.66. The van der Waals surface area contributed by atoms with Crippen LogP contribution < -0.4 is 5.32 Å². The van der Waals surface area contributed by atoms with Crippen LogP contribution in [-0.2, 0) is 17.8 Å². The lowest BCUT2D eigenvalue weighted by Gasteiger charge is -2.07. The van der Waals surface area contributed by atoms with Crippen LogP contribution in [0.3, 0.4) is 0 Å². The lowest BCUT2D eigenvalue weighted by Crippen LogP contribution is -2.24. The molecule has 0 saturated heterocycles. The van der Waals surface area contributed by atoms with Gasteiger partial charge in [0.15, 0.2) is 0 Å². The Morgan fingerprint density at radius 2 is 2.28 bits per heavy atom. The van der Waals surface area contributed by atoms with Crippen molar-refractivity contribution < 1.29 is 4.79 Å². The maximum atomic E-state index is 11.8. The molecule has 0 radical (unpaired) electrons. The second kappa shape index (κ2) is 6.26.